The third-order valence-electron chi connectivity index (χ3n) is 2.72. The molecule has 0 spiro atoms. The van der Waals surface area contributed by atoms with E-state index in [4.69, 9.17) is 0 Å². The second-order valence-electron chi connectivity index (χ2n) is 5.09. The first-order valence-electron chi connectivity index (χ1n) is 6.36. The van der Waals surface area contributed by atoms with E-state index in [1.165, 1.54) is 18.2 Å². The average molecular weight is 260 g/mol. The van der Waals surface area contributed by atoms with Crippen LogP contribution in [0.25, 0.3) is 0 Å². The van der Waals surface area contributed by atoms with E-state index in [1.807, 2.05) is 6.07 Å². The number of nitrogens with one attached hydrogen (secondary N) is 1. The van der Waals surface area contributed by atoms with Crippen LogP contribution < -0.4 is 5.56 Å². The van der Waals surface area contributed by atoms with Crippen molar-refractivity contribution in [2.24, 2.45) is 5.92 Å². The molecule has 4 heteroatoms. The van der Waals surface area contributed by atoms with Crippen LogP contribution in [0.1, 0.15) is 30.9 Å². The molecule has 0 amide bonds. The van der Waals surface area contributed by atoms with Gasteiger partial charge in [-0.2, -0.15) is 0 Å². The topological polar surface area (TPSA) is 45.8 Å². The maximum Gasteiger partial charge on any atom is 0.251 e. The zero-order valence-electron chi connectivity index (χ0n) is 11.1. The van der Waals surface area contributed by atoms with Gasteiger partial charge in [0, 0.05) is 18.2 Å². The Labute approximate surface area is 111 Å². The summed E-state index contributed by atoms with van der Waals surface area (Å²) in [6.45, 7) is 4.16. The first kappa shape index (κ1) is 13.5. The molecule has 19 heavy (non-hydrogen) atoms. The Balaban J connectivity index is 2.25. The van der Waals surface area contributed by atoms with E-state index >= 15 is 0 Å². The molecule has 0 saturated heterocycles. The lowest BCUT2D eigenvalue weighted by Gasteiger charge is -2.06. The van der Waals surface area contributed by atoms with Crippen LogP contribution in [0.5, 0.6) is 0 Å². The Kier molecular flexibility index (Phi) is 4.10. The van der Waals surface area contributed by atoms with Gasteiger partial charge in [-0.25, -0.2) is 9.37 Å². The van der Waals surface area contributed by atoms with Gasteiger partial charge in [-0.3, -0.25) is 4.79 Å². The molecular formula is C15H17FN2O. The molecule has 0 fully saturated rings. The van der Waals surface area contributed by atoms with E-state index in [0.717, 1.165) is 17.7 Å². The SMILES string of the molecule is CC(C)Cc1cc(=O)[nH]c(Cc2cccc(F)c2)n1. The van der Waals surface area contributed by atoms with Gasteiger partial charge >= 0.3 is 0 Å². The van der Waals surface area contributed by atoms with Crippen LogP contribution >= 0.6 is 0 Å². The molecule has 0 atom stereocenters. The van der Waals surface area contributed by atoms with Gasteiger partial charge in [-0.05, 0) is 30.0 Å². The quantitative estimate of drug-likeness (QED) is 0.918. The van der Waals surface area contributed by atoms with Crippen LogP contribution in [0.2, 0.25) is 0 Å². The van der Waals surface area contributed by atoms with Crippen molar-refractivity contribution in [3.05, 3.63) is 63.6 Å². The molecule has 1 aromatic carbocycles. The van der Waals surface area contributed by atoms with Gasteiger partial charge in [0.05, 0.1) is 0 Å². The Morgan fingerprint density at radius 1 is 1.32 bits per heavy atom. The van der Waals surface area contributed by atoms with Crippen LogP contribution in [0.4, 0.5) is 4.39 Å². The Morgan fingerprint density at radius 2 is 2.11 bits per heavy atom. The summed E-state index contributed by atoms with van der Waals surface area (Å²) in [6, 6.07) is 7.85. The molecule has 0 saturated carbocycles. The van der Waals surface area contributed by atoms with Gasteiger partial charge in [-0.1, -0.05) is 26.0 Å². The highest BCUT2D eigenvalue weighted by Gasteiger charge is 2.05. The molecule has 1 heterocycles. The minimum Gasteiger partial charge on any atom is -0.310 e. The second kappa shape index (κ2) is 5.78. The second-order valence-corrected chi connectivity index (χ2v) is 5.09. The lowest BCUT2D eigenvalue weighted by Crippen LogP contribution is -2.14. The van der Waals surface area contributed by atoms with Gasteiger partial charge in [-0.15, -0.1) is 0 Å². The van der Waals surface area contributed by atoms with Crippen molar-refractivity contribution < 1.29 is 4.39 Å². The number of aromatic amines is 1. The van der Waals surface area contributed by atoms with Crippen LogP contribution in [-0.2, 0) is 12.8 Å². The lowest BCUT2D eigenvalue weighted by molar-refractivity contribution is 0.624. The zero-order chi connectivity index (χ0) is 13.8. The number of nitrogens with zero attached hydrogens (tertiary/aromatic N) is 1. The molecule has 1 aromatic heterocycles. The molecule has 0 aliphatic carbocycles. The minimum absolute atomic E-state index is 0.156. The monoisotopic (exact) mass is 260 g/mol. The highest BCUT2D eigenvalue weighted by molar-refractivity contribution is 5.20. The molecule has 0 bridgehead atoms. The summed E-state index contributed by atoms with van der Waals surface area (Å²) in [6.07, 6.45) is 1.19. The number of aromatic nitrogens is 2. The fraction of sp³-hybridized carbons (Fsp3) is 0.333. The smallest absolute Gasteiger partial charge is 0.251 e. The summed E-state index contributed by atoms with van der Waals surface area (Å²) in [5, 5.41) is 0. The molecule has 0 radical (unpaired) electrons. The summed E-state index contributed by atoms with van der Waals surface area (Å²) in [4.78, 5) is 18.7. The van der Waals surface area contributed by atoms with Gasteiger partial charge in [0.2, 0.25) is 0 Å². The van der Waals surface area contributed by atoms with Crippen LogP contribution in [0.15, 0.2) is 35.1 Å². The summed E-state index contributed by atoms with van der Waals surface area (Å²) in [5.41, 5.74) is 1.42. The number of halogens is 1. The van der Waals surface area contributed by atoms with Crippen molar-refractivity contribution in [2.75, 3.05) is 0 Å². The number of H-pyrrole nitrogens is 1. The largest absolute Gasteiger partial charge is 0.310 e. The summed E-state index contributed by atoms with van der Waals surface area (Å²) < 4.78 is 13.1. The minimum atomic E-state index is -0.279. The molecule has 1 N–H and O–H groups in total. The standard InChI is InChI=1S/C15H17FN2O/c1-10(2)6-13-9-15(19)18-14(17-13)8-11-4-3-5-12(16)7-11/h3-5,7,9-10H,6,8H2,1-2H3,(H,17,18,19). The molecule has 0 aliphatic rings. The Morgan fingerprint density at radius 3 is 2.79 bits per heavy atom. The molecular weight excluding hydrogens is 243 g/mol. The molecule has 0 aliphatic heterocycles. The fourth-order valence-corrected chi connectivity index (χ4v) is 2.01. The average Bonchev–Trinajstić information content (AvgIpc) is 2.26. The maximum absolute atomic E-state index is 13.1. The van der Waals surface area contributed by atoms with Crippen molar-refractivity contribution in [2.45, 2.75) is 26.7 Å². The van der Waals surface area contributed by atoms with Gasteiger partial charge in [0.25, 0.3) is 5.56 Å². The van der Waals surface area contributed by atoms with Crippen LogP contribution in [-0.4, -0.2) is 9.97 Å². The number of benzene rings is 1. The molecule has 2 aromatic rings. The van der Waals surface area contributed by atoms with Gasteiger partial charge < -0.3 is 4.98 Å². The summed E-state index contributed by atoms with van der Waals surface area (Å²) in [5.74, 6) is 0.739. The first-order valence-corrected chi connectivity index (χ1v) is 6.36. The molecule has 2 rings (SSSR count). The van der Waals surface area contributed by atoms with E-state index < -0.39 is 0 Å². The highest BCUT2D eigenvalue weighted by Crippen LogP contribution is 2.09. The fourth-order valence-electron chi connectivity index (χ4n) is 2.01. The Hall–Kier alpha value is -1.97. The molecule has 0 unspecified atom stereocenters. The highest BCUT2D eigenvalue weighted by atomic mass is 19.1. The molecule has 100 valence electrons. The van der Waals surface area contributed by atoms with Crippen molar-refractivity contribution in [1.82, 2.24) is 9.97 Å². The maximum atomic E-state index is 13.1. The van der Waals surface area contributed by atoms with E-state index in [2.05, 4.69) is 23.8 Å². The van der Waals surface area contributed by atoms with Gasteiger partial charge in [0.1, 0.15) is 11.6 Å². The third-order valence-corrected chi connectivity index (χ3v) is 2.72. The number of hydrogen-bond donors (Lipinski definition) is 1. The van der Waals surface area contributed by atoms with Crippen molar-refractivity contribution in [3.63, 3.8) is 0 Å². The van der Waals surface area contributed by atoms with E-state index in [-0.39, 0.29) is 11.4 Å². The van der Waals surface area contributed by atoms with Crippen molar-refractivity contribution >= 4 is 0 Å². The predicted molar refractivity (Wildman–Crippen MR) is 72.6 cm³/mol. The van der Waals surface area contributed by atoms with Gasteiger partial charge in [0.15, 0.2) is 0 Å². The zero-order valence-corrected chi connectivity index (χ0v) is 11.1. The van der Waals surface area contributed by atoms with Crippen molar-refractivity contribution in [1.29, 1.82) is 0 Å². The lowest BCUT2D eigenvalue weighted by atomic mass is 10.1. The summed E-state index contributed by atoms with van der Waals surface area (Å²) >= 11 is 0. The normalized spacial score (nSPS) is 10.9. The van der Waals surface area contributed by atoms with Crippen molar-refractivity contribution in [3.8, 4) is 0 Å². The molecule has 3 nitrogen and oxygen atoms in total. The third kappa shape index (κ3) is 4.02. The first-order chi connectivity index (χ1) is 9.02. The van der Waals surface area contributed by atoms with E-state index in [1.54, 1.807) is 6.07 Å². The van der Waals surface area contributed by atoms with E-state index in [0.29, 0.717) is 18.2 Å². The Bertz CT molecular complexity index is 620. The number of rotatable bonds is 4. The van der Waals surface area contributed by atoms with Crippen LogP contribution in [0.3, 0.4) is 0 Å². The predicted octanol–water partition coefficient (Wildman–Crippen LogP) is 2.70. The van der Waals surface area contributed by atoms with E-state index in [9.17, 15) is 9.18 Å². The summed E-state index contributed by atoms with van der Waals surface area (Å²) in [7, 11) is 0. The van der Waals surface area contributed by atoms with Crippen LogP contribution in [0, 0.1) is 11.7 Å². The number of hydrogen-bond acceptors (Lipinski definition) is 2.